The van der Waals surface area contributed by atoms with Crippen LogP contribution in [0.25, 0.3) is 0 Å². The predicted octanol–water partition coefficient (Wildman–Crippen LogP) is 3.23. The van der Waals surface area contributed by atoms with E-state index in [0.717, 1.165) is 0 Å². The number of methoxy groups -OCH3 is 1. The van der Waals surface area contributed by atoms with E-state index in [2.05, 4.69) is 25.7 Å². The molecule has 1 heterocycles. The Morgan fingerprint density at radius 3 is 2.76 bits per heavy atom. The first-order valence-electron chi connectivity index (χ1n) is 4.58. The van der Waals surface area contributed by atoms with Crippen molar-refractivity contribution in [1.82, 2.24) is 4.98 Å². The molecule has 0 radical (unpaired) electrons. The molecule has 0 saturated heterocycles. The van der Waals surface area contributed by atoms with Crippen LogP contribution >= 0.6 is 38.5 Å². The maximum Gasteiger partial charge on any atom is 0.311 e. The number of hydrogen-bond acceptors (Lipinski definition) is 3. The maximum absolute atomic E-state index is 12.8. The second-order valence-corrected chi connectivity index (χ2v) is 4.87. The van der Waals surface area contributed by atoms with Gasteiger partial charge in [-0.2, -0.15) is 0 Å². The van der Waals surface area contributed by atoms with Crippen molar-refractivity contribution in [1.29, 1.82) is 0 Å². The molecule has 0 atom stereocenters. The molecule has 0 amide bonds. The molecule has 0 fully saturated rings. The van der Waals surface area contributed by atoms with Gasteiger partial charge < -0.3 is 4.74 Å². The van der Waals surface area contributed by atoms with Crippen LogP contribution < -0.4 is 0 Å². The SMILES string of the molecule is COC(=O)Cc1cc(I)c(C(F)F)c(CBr)n1. The van der Waals surface area contributed by atoms with Crippen molar-refractivity contribution >= 4 is 44.5 Å². The Balaban J connectivity index is 3.13. The first kappa shape index (κ1) is 14.7. The molecule has 1 aromatic heterocycles. The zero-order chi connectivity index (χ0) is 13.0. The molecule has 0 saturated carbocycles. The maximum atomic E-state index is 12.8. The lowest BCUT2D eigenvalue weighted by molar-refractivity contribution is -0.139. The van der Waals surface area contributed by atoms with E-state index in [1.165, 1.54) is 13.2 Å². The minimum atomic E-state index is -2.57. The molecule has 0 aliphatic heterocycles. The Labute approximate surface area is 119 Å². The van der Waals surface area contributed by atoms with Gasteiger partial charge in [0.15, 0.2) is 0 Å². The summed E-state index contributed by atoms with van der Waals surface area (Å²) in [7, 11) is 1.27. The summed E-state index contributed by atoms with van der Waals surface area (Å²) >= 11 is 4.93. The first-order valence-corrected chi connectivity index (χ1v) is 6.78. The highest BCUT2D eigenvalue weighted by atomic mass is 127. The first-order chi connectivity index (χ1) is 7.99. The van der Waals surface area contributed by atoms with Gasteiger partial charge >= 0.3 is 5.97 Å². The molecule has 0 bridgehead atoms. The number of rotatable bonds is 4. The molecular weight excluding hydrogens is 411 g/mol. The summed E-state index contributed by atoms with van der Waals surface area (Å²) in [5, 5.41) is 0.220. The van der Waals surface area contributed by atoms with Gasteiger partial charge in [0.05, 0.1) is 30.5 Å². The number of hydrogen-bond donors (Lipinski definition) is 0. The molecule has 0 aliphatic rings. The molecule has 7 heteroatoms. The number of carbonyl (C=O) groups is 1. The second-order valence-electron chi connectivity index (χ2n) is 3.14. The molecule has 0 N–H and O–H groups in total. The largest absolute Gasteiger partial charge is 0.469 e. The number of halogens is 4. The standard InChI is InChI=1S/C10H9BrF2INO2/c1-17-8(16)3-5-2-6(14)9(10(12)13)7(4-11)15-5/h2,10H,3-4H2,1H3. The van der Waals surface area contributed by atoms with Crippen LogP contribution in [-0.4, -0.2) is 18.1 Å². The van der Waals surface area contributed by atoms with Gasteiger partial charge in [-0.1, -0.05) is 15.9 Å². The quantitative estimate of drug-likeness (QED) is 0.427. The molecule has 1 aromatic rings. The van der Waals surface area contributed by atoms with Crippen molar-refractivity contribution in [3.63, 3.8) is 0 Å². The van der Waals surface area contributed by atoms with Crippen LogP contribution in [0.3, 0.4) is 0 Å². The molecule has 3 nitrogen and oxygen atoms in total. The van der Waals surface area contributed by atoms with E-state index in [-0.39, 0.29) is 23.0 Å². The van der Waals surface area contributed by atoms with Crippen LogP contribution in [0.5, 0.6) is 0 Å². The van der Waals surface area contributed by atoms with E-state index in [4.69, 9.17) is 0 Å². The Hall–Kier alpha value is -0.310. The van der Waals surface area contributed by atoms with Gasteiger partial charge in [-0.15, -0.1) is 0 Å². The summed E-state index contributed by atoms with van der Waals surface area (Å²) in [5.41, 5.74) is 0.599. The van der Waals surface area contributed by atoms with Crippen LogP contribution in [0.4, 0.5) is 8.78 Å². The van der Waals surface area contributed by atoms with Gasteiger partial charge in [-0.25, -0.2) is 8.78 Å². The summed E-state index contributed by atoms with van der Waals surface area (Å²) in [5.74, 6) is -0.446. The molecule has 0 spiro atoms. The number of alkyl halides is 3. The highest BCUT2D eigenvalue weighted by Gasteiger charge is 2.19. The average molecular weight is 420 g/mol. The van der Waals surface area contributed by atoms with E-state index in [1.807, 2.05) is 22.6 Å². The van der Waals surface area contributed by atoms with Crippen molar-refractivity contribution in [2.45, 2.75) is 18.2 Å². The van der Waals surface area contributed by atoms with Gasteiger partial charge in [-0.05, 0) is 28.7 Å². The van der Waals surface area contributed by atoms with Crippen molar-refractivity contribution in [2.24, 2.45) is 0 Å². The van der Waals surface area contributed by atoms with Gasteiger partial charge in [0.2, 0.25) is 0 Å². The third-order valence-electron chi connectivity index (χ3n) is 2.04. The molecule has 0 unspecified atom stereocenters. The molecule has 1 rings (SSSR count). The normalized spacial score (nSPS) is 10.7. The summed E-state index contributed by atoms with van der Waals surface area (Å²) in [4.78, 5) is 15.1. The number of ether oxygens (including phenoxy) is 1. The van der Waals surface area contributed by atoms with Crippen molar-refractivity contribution in [3.8, 4) is 0 Å². The molecule has 0 aliphatic carbocycles. The minimum absolute atomic E-state index is 0.0178. The van der Waals surface area contributed by atoms with E-state index < -0.39 is 12.4 Å². The summed E-state index contributed by atoms with van der Waals surface area (Å²) < 4.78 is 30.5. The van der Waals surface area contributed by atoms with E-state index >= 15 is 0 Å². The number of pyridine rings is 1. The fourth-order valence-corrected chi connectivity index (χ4v) is 2.60. The predicted molar refractivity (Wildman–Crippen MR) is 70.3 cm³/mol. The second kappa shape index (κ2) is 6.58. The summed E-state index contributed by atoms with van der Waals surface area (Å²) in [6.07, 6.45) is -2.59. The molecule has 17 heavy (non-hydrogen) atoms. The summed E-state index contributed by atoms with van der Waals surface area (Å²) in [6.45, 7) is 0. The Morgan fingerprint density at radius 1 is 1.65 bits per heavy atom. The highest BCUT2D eigenvalue weighted by molar-refractivity contribution is 14.1. The Morgan fingerprint density at radius 2 is 2.29 bits per heavy atom. The zero-order valence-electron chi connectivity index (χ0n) is 8.84. The van der Waals surface area contributed by atoms with Gasteiger partial charge in [0.25, 0.3) is 6.43 Å². The molecular formula is C10H9BrF2INO2. The van der Waals surface area contributed by atoms with Crippen LogP contribution in [0.1, 0.15) is 23.4 Å². The van der Waals surface area contributed by atoms with Crippen LogP contribution in [0.2, 0.25) is 0 Å². The van der Waals surface area contributed by atoms with Crippen LogP contribution in [0, 0.1) is 3.57 Å². The van der Waals surface area contributed by atoms with Crippen molar-refractivity contribution < 1.29 is 18.3 Å². The fourth-order valence-electron chi connectivity index (χ4n) is 1.27. The summed E-state index contributed by atoms with van der Waals surface area (Å²) in [6, 6.07) is 1.48. The lowest BCUT2D eigenvalue weighted by Gasteiger charge is -2.10. The molecule has 94 valence electrons. The van der Waals surface area contributed by atoms with Gasteiger partial charge in [0, 0.05) is 8.90 Å². The van der Waals surface area contributed by atoms with Crippen LogP contribution in [0.15, 0.2) is 6.07 Å². The van der Waals surface area contributed by atoms with E-state index in [9.17, 15) is 13.6 Å². The smallest absolute Gasteiger partial charge is 0.311 e. The monoisotopic (exact) mass is 419 g/mol. The van der Waals surface area contributed by atoms with Crippen LogP contribution in [-0.2, 0) is 21.3 Å². The molecule has 0 aromatic carbocycles. The number of carbonyl (C=O) groups excluding carboxylic acids is 1. The third-order valence-corrected chi connectivity index (χ3v) is 3.46. The lowest BCUT2D eigenvalue weighted by Crippen LogP contribution is -2.09. The Bertz CT molecular complexity index is 429. The lowest BCUT2D eigenvalue weighted by atomic mass is 10.1. The zero-order valence-corrected chi connectivity index (χ0v) is 12.6. The Kier molecular flexibility index (Phi) is 5.71. The third kappa shape index (κ3) is 3.84. The topological polar surface area (TPSA) is 39.2 Å². The number of nitrogens with zero attached hydrogens (tertiary/aromatic N) is 1. The van der Waals surface area contributed by atoms with E-state index in [1.54, 1.807) is 0 Å². The minimum Gasteiger partial charge on any atom is -0.469 e. The number of aromatic nitrogens is 1. The fraction of sp³-hybridized carbons (Fsp3) is 0.400. The van der Waals surface area contributed by atoms with Crippen molar-refractivity contribution in [2.75, 3.05) is 7.11 Å². The average Bonchev–Trinajstić information content (AvgIpc) is 2.27. The highest BCUT2D eigenvalue weighted by Crippen LogP contribution is 2.29. The van der Waals surface area contributed by atoms with Gasteiger partial charge in [-0.3, -0.25) is 9.78 Å². The van der Waals surface area contributed by atoms with Gasteiger partial charge in [0.1, 0.15) is 0 Å². The van der Waals surface area contributed by atoms with E-state index in [0.29, 0.717) is 9.26 Å². The van der Waals surface area contributed by atoms with Crippen molar-refractivity contribution in [3.05, 3.63) is 26.6 Å². The number of esters is 1.